The second-order valence-electron chi connectivity index (χ2n) is 3.99. The number of nitrogens with zero attached hydrogens (tertiary/aromatic N) is 1. The Morgan fingerprint density at radius 2 is 1.58 bits per heavy atom. The Labute approximate surface area is 124 Å². The lowest BCUT2D eigenvalue weighted by atomic mass is 10.2. The third-order valence-electron chi connectivity index (χ3n) is 2.65. The molecule has 0 aliphatic heterocycles. The molecule has 2 rings (SSSR count). The van der Waals surface area contributed by atoms with Crippen LogP contribution in [0.5, 0.6) is 0 Å². The molecule has 0 saturated carbocycles. The minimum atomic E-state index is 0.832. The Morgan fingerprint density at radius 3 is 2.21 bits per heavy atom. The highest BCUT2D eigenvalue weighted by Gasteiger charge is 2.04. The van der Waals surface area contributed by atoms with Crippen molar-refractivity contribution >= 4 is 40.1 Å². The summed E-state index contributed by atoms with van der Waals surface area (Å²) in [7, 11) is 1.99. The van der Waals surface area contributed by atoms with Gasteiger partial charge in [0, 0.05) is 12.7 Å². The second-order valence-corrected chi connectivity index (χ2v) is 5.53. The zero-order valence-corrected chi connectivity index (χ0v) is 12.3. The van der Waals surface area contributed by atoms with Gasteiger partial charge in [-0.25, -0.2) is 0 Å². The molecule has 0 aliphatic rings. The van der Waals surface area contributed by atoms with E-state index in [0.717, 1.165) is 10.0 Å². The minimum absolute atomic E-state index is 0.832. The smallest absolute Gasteiger partial charge is 0.144 e. The van der Waals surface area contributed by atoms with Gasteiger partial charge in [0.05, 0.1) is 0 Å². The Kier molecular flexibility index (Phi) is 5.19. The van der Waals surface area contributed by atoms with Crippen LogP contribution in [0.15, 0.2) is 66.1 Å². The first-order valence-electron chi connectivity index (χ1n) is 5.98. The molecule has 2 aromatic carbocycles. The van der Waals surface area contributed by atoms with E-state index in [1.54, 1.807) is 11.8 Å². The van der Waals surface area contributed by atoms with Gasteiger partial charge in [0.25, 0.3) is 0 Å². The molecule has 2 aromatic rings. The molecule has 3 heteroatoms. The van der Waals surface area contributed by atoms with Gasteiger partial charge in [0.1, 0.15) is 4.32 Å². The van der Waals surface area contributed by atoms with Gasteiger partial charge < -0.3 is 4.90 Å². The maximum Gasteiger partial charge on any atom is 0.144 e. The zero-order chi connectivity index (χ0) is 13.5. The highest BCUT2D eigenvalue weighted by Crippen LogP contribution is 2.19. The van der Waals surface area contributed by atoms with Crippen LogP contribution < -0.4 is 4.90 Å². The molecule has 0 atom stereocenters. The maximum atomic E-state index is 5.41. The molecule has 0 radical (unpaired) electrons. The molecular weight excluding hydrogens is 270 g/mol. The van der Waals surface area contributed by atoms with Crippen molar-refractivity contribution in [1.29, 1.82) is 0 Å². The fraction of sp³-hybridized carbons (Fsp3) is 0.0625. The highest BCUT2D eigenvalue weighted by atomic mass is 32.2. The fourth-order valence-electron chi connectivity index (χ4n) is 1.57. The molecule has 0 aliphatic carbocycles. The summed E-state index contributed by atoms with van der Waals surface area (Å²) in [5.74, 6) is 0. The van der Waals surface area contributed by atoms with Gasteiger partial charge in [-0.1, -0.05) is 72.5 Å². The SMILES string of the molecule is CN(C(=S)S/C=C/c1ccccc1)c1ccccc1. The van der Waals surface area contributed by atoms with E-state index < -0.39 is 0 Å². The lowest BCUT2D eigenvalue weighted by Crippen LogP contribution is -2.20. The molecule has 0 heterocycles. The predicted octanol–water partition coefficient (Wildman–Crippen LogP) is 4.81. The minimum Gasteiger partial charge on any atom is -0.330 e. The van der Waals surface area contributed by atoms with E-state index in [4.69, 9.17) is 12.2 Å². The average Bonchev–Trinajstić information content (AvgIpc) is 2.48. The molecule has 0 saturated heterocycles. The third kappa shape index (κ3) is 4.23. The Morgan fingerprint density at radius 1 is 1.00 bits per heavy atom. The molecule has 19 heavy (non-hydrogen) atoms. The van der Waals surface area contributed by atoms with Crippen LogP contribution in [0.4, 0.5) is 5.69 Å². The first kappa shape index (κ1) is 13.8. The van der Waals surface area contributed by atoms with Crippen LogP contribution in [0, 0.1) is 0 Å². The summed E-state index contributed by atoms with van der Waals surface area (Å²) in [5.41, 5.74) is 2.29. The van der Waals surface area contributed by atoms with E-state index in [2.05, 4.69) is 18.2 Å². The molecular formula is C16H15NS2. The van der Waals surface area contributed by atoms with Crippen molar-refractivity contribution in [2.75, 3.05) is 11.9 Å². The molecule has 0 bridgehead atoms. The van der Waals surface area contributed by atoms with Crippen molar-refractivity contribution in [2.45, 2.75) is 0 Å². The predicted molar refractivity (Wildman–Crippen MR) is 90.5 cm³/mol. The normalized spacial score (nSPS) is 10.6. The number of rotatable bonds is 3. The van der Waals surface area contributed by atoms with Crippen LogP contribution >= 0.6 is 24.0 Å². The van der Waals surface area contributed by atoms with Crippen LogP contribution in [-0.2, 0) is 0 Å². The summed E-state index contributed by atoms with van der Waals surface area (Å²) in [6.07, 6.45) is 2.07. The van der Waals surface area contributed by atoms with Gasteiger partial charge in [-0.3, -0.25) is 0 Å². The van der Waals surface area contributed by atoms with Crippen LogP contribution in [0.25, 0.3) is 6.08 Å². The Hall–Kier alpha value is -1.58. The summed E-state index contributed by atoms with van der Waals surface area (Å²) < 4.78 is 0.832. The number of anilines is 1. The lowest BCUT2D eigenvalue weighted by Gasteiger charge is -2.18. The van der Waals surface area contributed by atoms with E-state index in [1.165, 1.54) is 5.56 Å². The molecule has 0 spiro atoms. The van der Waals surface area contributed by atoms with Crippen LogP contribution in [-0.4, -0.2) is 11.4 Å². The number of para-hydroxylation sites is 1. The third-order valence-corrected chi connectivity index (χ3v) is 3.96. The molecule has 96 valence electrons. The number of hydrogen-bond donors (Lipinski definition) is 0. The summed E-state index contributed by atoms with van der Waals surface area (Å²) in [5, 5.41) is 2.02. The quantitative estimate of drug-likeness (QED) is 0.745. The maximum absolute atomic E-state index is 5.41. The van der Waals surface area contributed by atoms with Crippen molar-refractivity contribution in [2.24, 2.45) is 0 Å². The monoisotopic (exact) mass is 285 g/mol. The van der Waals surface area contributed by atoms with Gasteiger partial charge in [-0.15, -0.1) is 0 Å². The van der Waals surface area contributed by atoms with E-state index in [0.29, 0.717) is 0 Å². The van der Waals surface area contributed by atoms with Gasteiger partial charge in [-0.05, 0) is 29.2 Å². The van der Waals surface area contributed by atoms with Gasteiger partial charge in [0.2, 0.25) is 0 Å². The van der Waals surface area contributed by atoms with Crippen LogP contribution in [0.2, 0.25) is 0 Å². The molecule has 1 nitrogen and oxygen atoms in total. The summed E-state index contributed by atoms with van der Waals surface area (Å²) >= 11 is 6.96. The first-order chi connectivity index (χ1) is 9.27. The van der Waals surface area contributed by atoms with E-state index in [1.807, 2.05) is 65.9 Å². The lowest BCUT2D eigenvalue weighted by molar-refractivity contribution is 1.31. The number of thiocarbonyl (C=S) groups is 1. The average molecular weight is 285 g/mol. The van der Waals surface area contributed by atoms with E-state index in [9.17, 15) is 0 Å². The summed E-state index contributed by atoms with van der Waals surface area (Å²) in [6.45, 7) is 0. The van der Waals surface area contributed by atoms with Crippen molar-refractivity contribution in [3.63, 3.8) is 0 Å². The first-order valence-corrected chi connectivity index (χ1v) is 7.27. The van der Waals surface area contributed by atoms with Gasteiger partial charge >= 0.3 is 0 Å². The van der Waals surface area contributed by atoms with Crippen molar-refractivity contribution in [3.05, 3.63) is 71.6 Å². The number of thioether (sulfide) groups is 1. The number of benzene rings is 2. The van der Waals surface area contributed by atoms with Crippen LogP contribution in [0.3, 0.4) is 0 Å². The number of hydrogen-bond acceptors (Lipinski definition) is 2. The highest BCUT2D eigenvalue weighted by molar-refractivity contribution is 8.25. The van der Waals surface area contributed by atoms with Crippen molar-refractivity contribution < 1.29 is 0 Å². The fourth-order valence-corrected chi connectivity index (χ4v) is 2.45. The zero-order valence-electron chi connectivity index (χ0n) is 10.7. The second kappa shape index (κ2) is 7.12. The molecule has 0 N–H and O–H groups in total. The van der Waals surface area contributed by atoms with Gasteiger partial charge in [-0.2, -0.15) is 0 Å². The summed E-state index contributed by atoms with van der Waals surface area (Å²) in [4.78, 5) is 2.01. The molecule has 0 fully saturated rings. The largest absolute Gasteiger partial charge is 0.330 e. The molecule has 0 amide bonds. The molecule has 0 unspecified atom stereocenters. The Bertz CT molecular complexity index is 549. The summed E-state index contributed by atoms with van der Waals surface area (Å²) in [6, 6.07) is 20.3. The van der Waals surface area contributed by atoms with E-state index in [-0.39, 0.29) is 0 Å². The molecule has 0 aromatic heterocycles. The van der Waals surface area contributed by atoms with E-state index >= 15 is 0 Å². The van der Waals surface area contributed by atoms with Gasteiger partial charge in [0.15, 0.2) is 0 Å². The topological polar surface area (TPSA) is 3.24 Å². The van der Waals surface area contributed by atoms with Crippen molar-refractivity contribution in [1.82, 2.24) is 0 Å². The van der Waals surface area contributed by atoms with Crippen LogP contribution in [0.1, 0.15) is 5.56 Å². The van der Waals surface area contributed by atoms with Crippen molar-refractivity contribution in [3.8, 4) is 0 Å². The standard InChI is InChI=1S/C16H15NS2/c1-17(15-10-6-3-7-11-15)16(18)19-13-12-14-8-4-2-5-9-14/h2-13H,1H3/b13-12+. The Balaban J connectivity index is 1.93.